The minimum absolute atomic E-state index is 0.111. The zero-order valence-electron chi connectivity index (χ0n) is 12.3. The Labute approximate surface area is 123 Å². The number of hydrogen-bond donors (Lipinski definition) is 1. The van der Waals surface area contributed by atoms with Crippen molar-refractivity contribution in [1.82, 2.24) is 0 Å². The van der Waals surface area contributed by atoms with Gasteiger partial charge in [0.05, 0.1) is 11.6 Å². The Morgan fingerprint density at radius 2 is 1.76 bits per heavy atom. The Kier molecular flexibility index (Phi) is 3.86. The molecule has 0 amide bonds. The summed E-state index contributed by atoms with van der Waals surface area (Å²) >= 11 is 0. The third kappa shape index (κ3) is 3.32. The highest BCUT2D eigenvalue weighted by atomic mass is 19.1. The van der Waals surface area contributed by atoms with Crippen LogP contribution >= 0.6 is 0 Å². The van der Waals surface area contributed by atoms with Crippen LogP contribution in [-0.2, 0) is 5.41 Å². The Balaban J connectivity index is 2.47. The van der Waals surface area contributed by atoms with Crippen molar-refractivity contribution in [2.24, 2.45) is 0 Å². The maximum absolute atomic E-state index is 13.9. The van der Waals surface area contributed by atoms with Crippen LogP contribution in [0.1, 0.15) is 31.9 Å². The molecule has 2 rings (SSSR count). The second kappa shape index (κ2) is 5.45. The van der Waals surface area contributed by atoms with Gasteiger partial charge >= 0.3 is 0 Å². The largest absolute Gasteiger partial charge is 0.454 e. The molecule has 2 N–H and O–H groups in total. The molecular formula is C17H17FN2O. The standard InChI is InChI=1S/C17H17FN2O/c1-17(2,3)13-8-11(10-19)4-6-15(13)21-16-7-5-12(20)9-14(16)18/h4-9H,20H2,1-3H3. The van der Waals surface area contributed by atoms with Crippen molar-refractivity contribution in [3.63, 3.8) is 0 Å². The van der Waals surface area contributed by atoms with Crippen LogP contribution < -0.4 is 10.5 Å². The van der Waals surface area contributed by atoms with Crippen molar-refractivity contribution in [2.45, 2.75) is 26.2 Å². The average molecular weight is 284 g/mol. The summed E-state index contributed by atoms with van der Waals surface area (Å²) in [5.74, 6) is 0.129. The smallest absolute Gasteiger partial charge is 0.167 e. The van der Waals surface area contributed by atoms with E-state index in [1.807, 2.05) is 20.8 Å². The summed E-state index contributed by atoms with van der Waals surface area (Å²) in [6, 6.07) is 11.5. The molecule has 3 nitrogen and oxygen atoms in total. The molecule has 0 aliphatic rings. The van der Waals surface area contributed by atoms with Crippen LogP contribution in [0.4, 0.5) is 10.1 Å². The lowest BCUT2D eigenvalue weighted by Crippen LogP contribution is -2.13. The number of rotatable bonds is 2. The molecule has 0 aromatic heterocycles. The first-order valence-electron chi connectivity index (χ1n) is 6.59. The second-order valence-corrected chi connectivity index (χ2v) is 5.86. The van der Waals surface area contributed by atoms with E-state index in [1.54, 1.807) is 24.3 Å². The number of ether oxygens (including phenoxy) is 1. The molecule has 108 valence electrons. The molecule has 0 saturated carbocycles. The number of nitrogen functional groups attached to an aromatic ring is 1. The molecule has 0 aliphatic heterocycles. The first-order chi connectivity index (χ1) is 9.81. The number of halogens is 1. The summed E-state index contributed by atoms with van der Waals surface area (Å²) < 4.78 is 19.5. The van der Waals surface area contributed by atoms with Crippen LogP contribution in [0.25, 0.3) is 0 Å². The fourth-order valence-electron chi connectivity index (χ4n) is 1.99. The average Bonchev–Trinajstić information content (AvgIpc) is 2.41. The number of nitriles is 1. The van der Waals surface area contributed by atoms with E-state index in [1.165, 1.54) is 12.1 Å². The molecule has 0 unspecified atom stereocenters. The molecule has 0 atom stereocenters. The molecule has 2 aromatic carbocycles. The van der Waals surface area contributed by atoms with Crippen LogP contribution in [0.5, 0.6) is 11.5 Å². The molecule has 0 heterocycles. The first kappa shape index (κ1) is 14.9. The summed E-state index contributed by atoms with van der Waals surface area (Å²) in [7, 11) is 0. The highest BCUT2D eigenvalue weighted by Crippen LogP contribution is 2.35. The molecule has 0 saturated heterocycles. The predicted molar refractivity (Wildman–Crippen MR) is 80.7 cm³/mol. The number of hydrogen-bond acceptors (Lipinski definition) is 3. The lowest BCUT2D eigenvalue weighted by molar-refractivity contribution is 0.425. The highest BCUT2D eigenvalue weighted by Gasteiger charge is 2.20. The lowest BCUT2D eigenvalue weighted by atomic mass is 9.85. The van der Waals surface area contributed by atoms with Gasteiger partial charge < -0.3 is 10.5 Å². The van der Waals surface area contributed by atoms with E-state index >= 15 is 0 Å². The normalized spacial score (nSPS) is 11.0. The minimum atomic E-state index is -0.515. The Morgan fingerprint density at radius 1 is 1.10 bits per heavy atom. The molecule has 0 aliphatic carbocycles. The van der Waals surface area contributed by atoms with Crippen molar-refractivity contribution in [2.75, 3.05) is 5.73 Å². The summed E-state index contributed by atoms with van der Waals surface area (Å²) in [5, 5.41) is 9.02. The van der Waals surface area contributed by atoms with Crippen LogP contribution in [0.2, 0.25) is 0 Å². The highest BCUT2D eigenvalue weighted by molar-refractivity contribution is 5.49. The fraction of sp³-hybridized carbons (Fsp3) is 0.235. The SMILES string of the molecule is CC(C)(C)c1cc(C#N)ccc1Oc1ccc(N)cc1F. The van der Waals surface area contributed by atoms with Gasteiger partial charge in [-0.05, 0) is 35.7 Å². The maximum atomic E-state index is 13.9. The van der Waals surface area contributed by atoms with Crippen molar-refractivity contribution in [3.8, 4) is 17.6 Å². The third-order valence-corrected chi connectivity index (χ3v) is 3.09. The Morgan fingerprint density at radius 3 is 2.33 bits per heavy atom. The van der Waals surface area contributed by atoms with Crippen molar-refractivity contribution < 1.29 is 9.13 Å². The van der Waals surface area contributed by atoms with Gasteiger partial charge in [-0.15, -0.1) is 0 Å². The Bertz CT molecular complexity index is 712. The van der Waals surface area contributed by atoms with Gasteiger partial charge in [0.25, 0.3) is 0 Å². The van der Waals surface area contributed by atoms with Gasteiger partial charge in [-0.2, -0.15) is 5.26 Å². The third-order valence-electron chi connectivity index (χ3n) is 3.09. The van der Waals surface area contributed by atoms with E-state index in [0.717, 1.165) is 5.56 Å². The van der Waals surface area contributed by atoms with E-state index in [0.29, 0.717) is 17.0 Å². The second-order valence-electron chi connectivity index (χ2n) is 5.86. The van der Waals surface area contributed by atoms with Crippen molar-refractivity contribution >= 4 is 5.69 Å². The molecule has 4 heteroatoms. The van der Waals surface area contributed by atoms with Gasteiger partial charge in [0.2, 0.25) is 0 Å². The molecule has 0 spiro atoms. The van der Waals surface area contributed by atoms with E-state index in [2.05, 4.69) is 6.07 Å². The zero-order valence-corrected chi connectivity index (χ0v) is 12.3. The molecule has 0 bridgehead atoms. The summed E-state index contributed by atoms with van der Waals surface area (Å²) in [6.07, 6.45) is 0. The predicted octanol–water partition coefficient (Wildman–Crippen LogP) is 4.37. The van der Waals surface area contributed by atoms with Gasteiger partial charge in [0.1, 0.15) is 5.75 Å². The van der Waals surface area contributed by atoms with Crippen molar-refractivity contribution in [1.29, 1.82) is 5.26 Å². The van der Waals surface area contributed by atoms with E-state index < -0.39 is 5.82 Å². The van der Waals surface area contributed by atoms with Gasteiger partial charge in [-0.1, -0.05) is 20.8 Å². The van der Waals surface area contributed by atoms with Crippen LogP contribution in [0, 0.1) is 17.1 Å². The van der Waals surface area contributed by atoms with Crippen molar-refractivity contribution in [3.05, 3.63) is 53.3 Å². The quantitative estimate of drug-likeness (QED) is 0.833. The number of nitrogens with zero attached hydrogens (tertiary/aromatic N) is 1. The zero-order chi connectivity index (χ0) is 15.6. The molecule has 0 radical (unpaired) electrons. The van der Waals surface area contributed by atoms with Gasteiger partial charge in [-0.3, -0.25) is 0 Å². The molecule has 0 fully saturated rings. The first-order valence-corrected chi connectivity index (χ1v) is 6.59. The van der Waals surface area contributed by atoms with Gasteiger partial charge in [-0.25, -0.2) is 4.39 Å². The number of anilines is 1. The monoisotopic (exact) mass is 284 g/mol. The van der Waals surface area contributed by atoms with Gasteiger partial charge in [0, 0.05) is 17.3 Å². The van der Waals surface area contributed by atoms with Crippen LogP contribution in [0.3, 0.4) is 0 Å². The molecular weight excluding hydrogens is 267 g/mol. The lowest BCUT2D eigenvalue weighted by Gasteiger charge is -2.23. The number of benzene rings is 2. The van der Waals surface area contributed by atoms with Gasteiger partial charge in [0.15, 0.2) is 11.6 Å². The fourth-order valence-corrected chi connectivity index (χ4v) is 1.99. The summed E-state index contributed by atoms with van der Waals surface area (Å²) in [6.45, 7) is 6.03. The summed E-state index contributed by atoms with van der Waals surface area (Å²) in [4.78, 5) is 0. The van der Waals surface area contributed by atoms with E-state index in [4.69, 9.17) is 15.7 Å². The maximum Gasteiger partial charge on any atom is 0.167 e. The molecule has 2 aromatic rings. The van der Waals surface area contributed by atoms with Crippen LogP contribution in [-0.4, -0.2) is 0 Å². The number of nitrogens with two attached hydrogens (primary N) is 1. The van der Waals surface area contributed by atoms with E-state index in [-0.39, 0.29) is 11.2 Å². The minimum Gasteiger partial charge on any atom is -0.454 e. The van der Waals surface area contributed by atoms with Crippen LogP contribution in [0.15, 0.2) is 36.4 Å². The topological polar surface area (TPSA) is 59.0 Å². The summed E-state index contributed by atoms with van der Waals surface area (Å²) in [5.41, 5.74) is 7.03. The van der Waals surface area contributed by atoms with E-state index in [9.17, 15) is 4.39 Å². The Hall–Kier alpha value is -2.54. The molecule has 21 heavy (non-hydrogen) atoms.